The first kappa shape index (κ1) is 15.9. The molecule has 4 heteroatoms. The van der Waals surface area contributed by atoms with Crippen molar-refractivity contribution in [1.82, 2.24) is 0 Å². The number of hydrogen-bond donors (Lipinski definition) is 0. The van der Waals surface area contributed by atoms with Gasteiger partial charge in [0.2, 0.25) is 0 Å². The monoisotopic (exact) mass is 326 g/mol. The van der Waals surface area contributed by atoms with Gasteiger partial charge >= 0.3 is 5.97 Å². The number of alkyl halides is 1. The molecule has 0 bridgehead atoms. The van der Waals surface area contributed by atoms with Gasteiger partial charge in [0.15, 0.2) is 0 Å². The van der Waals surface area contributed by atoms with E-state index in [1.54, 1.807) is 0 Å². The largest absolute Gasteiger partial charge is 0.461 e. The predicted octanol–water partition coefficient (Wildman–Crippen LogP) is 3.50. The maximum Gasteiger partial charge on any atom is 0.306 e. The lowest BCUT2D eigenvalue weighted by Gasteiger charge is -2.08. The molecular weight excluding hydrogens is 308 g/mol. The summed E-state index contributed by atoms with van der Waals surface area (Å²) in [6.07, 6.45) is 1.78. The molecule has 0 amide bonds. The molecule has 1 atom stereocenters. The summed E-state index contributed by atoms with van der Waals surface area (Å²) in [7, 11) is 0. The Kier molecular flexibility index (Phi) is 7.41. The van der Waals surface area contributed by atoms with E-state index in [9.17, 15) is 9.59 Å². The van der Waals surface area contributed by atoms with Crippen molar-refractivity contribution in [3.8, 4) is 0 Å². The summed E-state index contributed by atoms with van der Waals surface area (Å²) >= 11 is 3.15. The fourth-order valence-electron chi connectivity index (χ4n) is 1.66. The highest BCUT2D eigenvalue weighted by Gasteiger charge is 2.12. The van der Waals surface area contributed by atoms with Crippen molar-refractivity contribution in [2.75, 3.05) is 5.33 Å². The molecule has 1 rings (SSSR count). The van der Waals surface area contributed by atoms with Crippen LogP contribution in [-0.2, 0) is 20.9 Å². The second-order valence-electron chi connectivity index (χ2n) is 4.54. The van der Waals surface area contributed by atoms with E-state index in [0.717, 1.165) is 12.0 Å². The lowest BCUT2D eigenvalue weighted by atomic mass is 10.0. The number of halogens is 1. The Labute approximate surface area is 122 Å². The lowest BCUT2D eigenvalue weighted by Crippen LogP contribution is -2.13. The molecule has 0 fully saturated rings. The van der Waals surface area contributed by atoms with Gasteiger partial charge in [-0.1, -0.05) is 53.2 Å². The lowest BCUT2D eigenvalue weighted by molar-refractivity contribution is -0.145. The minimum absolute atomic E-state index is 0.00120. The molecule has 1 aromatic carbocycles. The number of rotatable bonds is 8. The van der Waals surface area contributed by atoms with Gasteiger partial charge in [0.05, 0.1) is 5.33 Å². The van der Waals surface area contributed by atoms with Crippen molar-refractivity contribution in [3.63, 3.8) is 0 Å². The van der Waals surface area contributed by atoms with Crippen LogP contribution in [0.3, 0.4) is 0 Å². The average molecular weight is 327 g/mol. The van der Waals surface area contributed by atoms with Crippen molar-refractivity contribution < 1.29 is 14.3 Å². The Bertz CT molecular complexity index is 403. The number of benzene rings is 1. The van der Waals surface area contributed by atoms with Crippen molar-refractivity contribution in [3.05, 3.63) is 35.9 Å². The Balaban J connectivity index is 2.16. The first-order valence-electron chi connectivity index (χ1n) is 6.41. The van der Waals surface area contributed by atoms with Crippen LogP contribution < -0.4 is 0 Å². The highest BCUT2D eigenvalue weighted by atomic mass is 79.9. The predicted molar refractivity (Wildman–Crippen MR) is 78.1 cm³/mol. The van der Waals surface area contributed by atoms with E-state index < -0.39 is 0 Å². The third-order valence-electron chi connectivity index (χ3n) is 2.94. The van der Waals surface area contributed by atoms with E-state index >= 15 is 0 Å². The third-order valence-corrected chi connectivity index (χ3v) is 3.49. The van der Waals surface area contributed by atoms with E-state index in [0.29, 0.717) is 24.8 Å². The SMILES string of the molecule is C[C@@H](CCCC(=O)OCc1ccccc1)C(=O)CBr. The van der Waals surface area contributed by atoms with Gasteiger partial charge in [0.25, 0.3) is 0 Å². The number of carbonyl (C=O) groups excluding carboxylic acids is 2. The number of hydrogen-bond acceptors (Lipinski definition) is 3. The van der Waals surface area contributed by atoms with E-state index in [-0.39, 0.29) is 17.7 Å². The van der Waals surface area contributed by atoms with Crippen LogP contribution in [0.2, 0.25) is 0 Å². The Hall–Kier alpha value is -1.16. The molecular formula is C15H19BrO3. The first-order valence-corrected chi connectivity index (χ1v) is 7.54. The van der Waals surface area contributed by atoms with Crippen molar-refractivity contribution in [1.29, 1.82) is 0 Å². The van der Waals surface area contributed by atoms with E-state index in [1.165, 1.54) is 0 Å². The van der Waals surface area contributed by atoms with Crippen LogP contribution in [0, 0.1) is 5.92 Å². The van der Waals surface area contributed by atoms with Gasteiger partial charge in [-0.2, -0.15) is 0 Å². The first-order chi connectivity index (χ1) is 9.13. The number of ether oxygens (including phenoxy) is 1. The number of esters is 1. The molecule has 0 aliphatic heterocycles. The van der Waals surface area contributed by atoms with E-state index in [4.69, 9.17) is 4.74 Å². The fraction of sp³-hybridized carbons (Fsp3) is 0.467. The quantitative estimate of drug-likeness (QED) is 0.542. The summed E-state index contributed by atoms with van der Waals surface area (Å²) < 4.78 is 5.16. The summed E-state index contributed by atoms with van der Waals surface area (Å²) in [4.78, 5) is 22.9. The molecule has 19 heavy (non-hydrogen) atoms. The highest BCUT2D eigenvalue weighted by Crippen LogP contribution is 2.11. The van der Waals surface area contributed by atoms with Crippen molar-refractivity contribution in [2.24, 2.45) is 5.92 Å². The molecule has 0 N–H and O–H groups in total. The molecule has 0 aliphatic carbocycles. The Morgan fingerprint density at radius 1 is 1.26 bits per heavy atom. The molecule has 0 saturated carbocycles. The van der Waals surface area contributed by atoms with Gasteiger partial charge in [0.1, 0.15) is 12.4 Å². The molecule has 0 spiro atoms. The van der Waals surface area contributed by atoms with Gasteiger partial charge in [-0.25, -0.2) is 0 Å². The zero-order valence-corrected chi connectivity index (χ0v) is 12.7. The van der Waals surface area contributed by atoms with Crippen LogP contribution in [-0.4, -0.2) is 17.1 Å². The van der Waals surface area contributed by atoms with E-state index in [1.807, 2.05) is 37.3 Å². The number of Topliss-reactive ketones (excluding diaryl/α,β-unsaturated/α-hetero) is 1. The van der Waals surface area contributed by atoms with Crippen molar-refractivity contribution >= 4 is 27.7 Å². The summed E-state index contributed by atoms with van der Waals surface area (Å²) in [6.45, 7) is 2.20. The standard InChI is InChI=1S/C15H19BrO3/c1-12(14(17)10-16)6-5-9-15(18)19-11-13-7-3-2-4-8-13/h2-4,7-8,12H,5-6,9-11H2,1H3/t12-/m0/s1. The molecule has 0 unspecified atom stereocenters. The molecule has 0 saturated heterocycles. The zero-order valence-electron chi connectivity index (χ0n) is 11.1. The fourth-order valence-corrected chi connectivity index (χ4v) is 2.21. The molecule has 104 valence electrons. The summed E-state index contributed by atoms with van der Waals surface area (Å²) in [6, 6.07) is 9.59. The molecule has 1 aromatic rings. The topological polar surface area (TPSA) is 43.4 Å². The minimum atomic E-state index is -0.206. The van der Waals surface area contributed by atoms with Crippen LogP contribution in [0.1, 0.15) is 31.7 Å². The summed E-state index contributed by atoms with van der Waals surface area (Å²) in [5.74, 6) is -0.0266. The van der Waals surface area contributed by atoms with Gasteiger partial charge in [-0.15, -0.1) is 0 Å². The van der Waals surface area contributed by atoms with Gasteiger partial charge in [0, 0.05) is 12.3 Å². The van der Waals surface area contributed by atoms with Crippen molar-refractivity contribution in [2.45, 2.75) is 32.8 Å². The normalized spacial score (nSPS) is 11.9. The van der Waals surface area contributed by atoms with Gasteiger partial charge < -0.3 is 4.74 Å². The minimum Gasteiger partial charge on any atom is -0.461 e. The molecule has 0 aliphatic rings. The zero-order chi connectivity index (χ0) is 14.1. The van der Waals surface area contributed by atoms with Gasteiger partial charge in [-0.3, -0.25) is 9.59 Å². The summed E-state index contributed by atoms with van der Waals surface area (Å²) in [5, 5.41) is 0.382. The second kappa shape index (κ2) is 8.86. The number of carbonyl (C=O) groups is 2. The van der Waals surface area contributed by atoms with Crippen LogP contribution >= 0.6 is 15.9 Å². The maximum atomic E-state index is 11.5. The smallest absolute Gasteiger partial charge is 0.306 e. The average Bonchev–Trinajstić information content (AvgIpc) is 2.45. The number of ketones is 1. The Morgan fingerprint density at radius 3 is 2.58 bits per heavy atom. The van der Waals surface area contributed by atoms with Gasteiger partial charge in [-0.05, 0) is 18.4 Å². The molecule has 0 radical (unpaired) electrons. The molecule has 0 aromatic heterocycles. The van der Waals surface area contributed by atoms with Crippen LogP contribution in [0.4, 0.5) is 0 Å². The molecule has 0 heterocycles. The van der Waals surface area contributed by atoms with Crippen LogP contribution in [0.25, 0.3) is 0 Å². The maximum absolute atomic E-state index is 11.5. The van der Waals surface area contributed by atoms with E-state index in [2.05, 4.69) is 15.9 Å². The second-order valence-corrected chi connectivity index (χ2v) is 5.10. The van der Waals surface area contributed by atoms with Crippen LogP contribution in [0.15, 0.2) is 30.3 Å². The molecule has 3 nitrogen and oxygen atoms in total. The van der Waals surface area contributed by atoms with Crippen LogP contribution in [0.5, 0.6) is 0 Å². The highest BCUT2D eigenvalue weighted by molar-refractivity contribution is 9.09. The Morgan fingerprint density at radius 2 is 1.95 bits per heavy atom. The third kappa shape index (κ3) is 6.53. The summed E-state index contributed by atoms with van der Waals surface area (Å²) in [5.41, 5.74) is 0.985.